The Morgan fingerprint density at radius 1 is 0.750 bits per heavy atom. The highest BCUT2D eigenvalue weighted by Gasteiger charge is 2.40. The van der Waals surface area contributed by atoms with E-state index in [0.717, 1.165) is 32.8 Å². The molecule has 27 heteroatoms. The van der Waals surface area contributed by atoms with E-state index in [1.807, 2.05) is 70.2 Å². The lowest BCUT2D eigenvalue weighted by Gasteiger charge is -2.17. The number of carbonyl (C=O) groups is 6. The van der Waals surface area contributed by atoms with Crippen LogP contribution in [0.3, 0.4) is 0 Å². The van der Waals surface area contributed by atoms with Gasteiger partial charge in [-0.2, -0.15) is 20.5 Å². The molecule has 3 unspecified atom stereocenters. The zero-order valence-corrected chi connectivity index (χ0v) is 57.6. The molecule has 0 saturated heterocycles. The summed E-state index contributed by atoms with van der Waals surface area (Å²) in [5, 5.41) is 40.8. The molecule has 4 N–H and O–H groups in total. The fourth-order valence-electron chi connectivity index (χ4n) is 9.34. The van der Waals surface area contributed by atoms with E-state index in [0.29, 0.717) is 61.3 Å². The van der Waals surface area contributed by atoms with Gasteiger partial charge in [0.25, 0.3) is 23.6 Å². The number of hydrogen-bond acceptors (Lipinski definition) is 18. The fourth-order valence-corrected chi connectivity index (χ4v) is 11.2. The first kappa shape index (κ1) is 72.9. The maximum atomic E-state index is 13.6. The quantitative estimate of drug-likeness (QED) is 0.0332. The number of methoxy groups -OCH3 is 1. The van der Waals surface area contributed by atoms with Crippen molar-refractivity contribution in [1.29, 1.82) is 5.26 Å². The molecule has 0 fully saturated rings. The van der Waals surface area contributed by atoms with Crippen LogP contribution < -0.4 is 39.4 Å². The van der Waals surface area contributed by atoms with Gasteiger partial charge in [-0.05, 0) is 185 Å². The number of aromatic hydroxyl groups is 1. The third-order valence-corrected chi connectivity index (χ3v) is 16.4. The minimum Gasteiger partial charge on any atom is -0.508 e. The molecule has 0 spiro atoms. The summed E-state index contributed by atoms with van der Waals surface area (Å²) in [4.78, 5) is 76.5. The number of rotatable bonds is 19. The van der Waals surface area contributed by atoms with Crippen LogP contribution in [-0.2, 0) is 39.8 Å². The molecule has 0 aliphatic carbocycles. The van der Waals surface area contributed by atoms with E-state index in [9.17, 15) is 43.3 Å². The Bertz CT molecular complexity index is 4750. The van der Waals surface area contributed by atoms with Crippen LogP contribution in [0, 0.1) is 39.0 Å². The smallest absolute Gasteiger partial charge is 0.355 e. The molecule has 0 saturated carbocycles. The number of allylic oxidation sites excluding steroid dienone is 1. The third-order valence-electron chi connectivity index (χ3n) is 14.2. The van der Waals surface area contributed by atoms with Crippen molar-refractivity contribution in [3.05, 3.63) is 259 Å². The number of amidine groups is 1. The molecule has 3 atom stereocenters. The zero-order chi connectivity index (χ0) is 71.7. The molecule has 3 heterocycles. The van der Waals surface area contributed by atoms with E-state index in [-0.39, 0.29) is 55.8 Å². The Balaban J connectivity index is 0.000000189. The van der Waals surface area contributed by atoms with Gasteiger partial charge in [0.15, 0.2) is 18.2 Å². The molecule has 2 aliphatic heterocycles. The van der Waals surface area contributed by atoms with Crippen molar-refractivity contribution in [3.63, 3.8) is 0 Å². The second-order valence-electron chi connectivity index (χ2n) is 21.8. The minimum atomic E-state index is -1.81. The highest BCUT2D eigenvalue weighted by atomic mass is 35.5. The predicted molar refractivity (Wildman–Crippen MR) is 380 cm³/mol. The van der Waals surface area contributed by atoms with Crippen molar-refractivity contribution in [2.75, 3.05) is 29.4 Å². The molecule has 100 heavy (non-hydrogen) atoms. The topological polar surface area (TPSA) is 299 Å². The number of anilines is 3. The maximum Gasteiger partial charge on any atom is 0.355 e. The average Bonchev–Trinajstić information content (AvgIpc) is 1.62. The fraction of sp³-hybridized carbons (Fsp3) is 0.123. The lowest BCUT2D eigenvalue weighted by atomic mass is 9.99. The summed E-state index contributed by atoms with van der Waals surface area (Å²) in [7, 11) is 1.53. The number of nitrogens with zero attached hydrogens (tertiary/aromatic N) is 5. The first-order valence-corrected chi connectivity index (χ1v) is 32.5. The molecule has 11 rings (SSSR count). The van der Waals surface area contributed by atoms with Crippen LogP contribution in [0.15, 0.2) is 224 Å². The number of benzene rings is 8. The molecule has 4 amide bonds. The summed E-state index contributed by atoms with van der Waals surface area (Å²) in [5.74, 6) is -0.904. The predicted octanol–water partition coefficient (Wildman–Crippen LogP) is 15.4. The molecule has 9 aromatic rings. The lowest BCUT2D eigenvalue weighted by Crippen LogP contribution is -2.39. The van der Waals surface area contributed by atoms with Crippen LogP contribution in [-0.4, -0.2) is 76.4 Å². The number of nitriles is 1. The van der Waals surface area contributed by atoms with Crippen LogP contribution in [0.2, 0.25) is 20.1 Å². The van der Waals surface area contributed by atoms with Gasteiger partial charge in [0.1, 0.15) is 57.6 Å². The zero-order valence-electron chi connectivity index (χ0n) is 53.7. The molecule has 8 aromatic carbocycles. The first-order valence-electron chi connectivity index (χ1n) is 29.9. The number of ether oxygens (including phenoxy) is 4. The summed E-state index contributed by atoms with van der Waals surface area (Å²) in [6.45, 7) is 8.70. The number of phenols is 1. The van der Waals surface area contributed by atoms with Crippen molar-refractivity contribution >= 4 is 133 Å². The van der Waals surface area contributed by atoms with Crippen molar-refractivity contribution < 1.29 is 65.6 Å². The number of hydrogen-bond donors (Lipinski definition) is 4. The summed E-state index contributed by atoms with van der Waals surface area (Å²) in [5.41, 5.74) is 6.64. The number of aryl methyl sites for hydroxylation is 4. The Labute approximate surface area is 595 Å². The number of Topliss-reactive ketones (excluding diaryl/α,β-unsaturated/α-hetero) is 1. The van der Waals surface area contributed by atoms with E-state index in [4.69, 9.17) is 74.0 Å². The van der Waals surface area contributed by atoms with Crippen LogP contribution >= 0.6 is 46.4 Å². The van der Waals surface area contributed by atoms with E-state index in [1.54, 1.807) is 78.9 Å². The van der Waals surface area contributed by atoms with Crippen LogP contribution in [0.1, 0.15) is 50.9 Å². The number of cyclic esters (lactones) is 1. The number of amides is 4. The van der Waals surface area contributed by atoms with E-state index < -0.39 is 58.6 Å². The standard InChI is InChI=1S/C33H27Cl3N6O5.C23H20ClNO6S.C17H11NO3/c1-18-7-12-27(19(2)13-18)47-17-28(43)37-23-6-4-5-20(14-23)32(44)38-31-29(40-39-22-8-10-24(46-3)11-9-22)33(45)42(41-31)30-25(35)15-21(34)16-26(30)36;1-14-3-12-20(24)21(13-14)25-23(28)22(15(2)26)30-17-8-10-19(11-9-17)32(29)31-18-6-4-16(27)5-7-18;1-11-4-6-12(7-5-11)16-14(10-18)17(19)21-15(16)9-13-3-2-8-20-13/h4-16,29H,17H2,1-3H3,(H,37,43)(H,38,41,44);3-13,22,27H,1-2H3,(H,25,28);2-9H,1H3. The largest absolute Gasteiger partial charge is 0.508 e. The number of ketones is 1. The van der Waals surface area contributed by atoms with Crippen molar-refractivity contribution in [3.8, 4) is 34.8 Å². The second-order valence-corrected chi connectivity index (χ2v) is 24.6. The summed E-state index contributed by atoms with van der Waals surface area (Å²) in [6, 6.07) is 49.9. The van der Waals surface area contributed by atoms with E-state index in [2.05, 4.69) is 31.3 Å². The Hall–Kier alpha value is -11.4. The highest BCUT2D eigenvalue weighted by molar-refractivity contribution is 7.80. The normalized spacial score (nSPS) is 14.1. The number of phenolic OH excluding ortho intramolecular Hbond substituents is 1. The Morgan fingerprint density at radius 2 is 1.41 bits per heavy atom. The third kappa shape index (κ3) is 19.2. The maximum absolute atomic E-state index is 13.6. The molecule has 1 aromatic heterocycles. The minimum absolute atomic E-state index is 0.0108. The van der Waals surface area contributed by atoms with Gasteiger partial charge in [0, 0.05) is 27.9 Å². The molecule has 0 bridgehead atoms. The SMILES string of the molecule is CC(=O)C(Oc1ccc(S(=O)Oc2ccc(O)cc2)cc1)C(=O)Nc1cc(C)ccc1Cl.COc1ccc(N=NC2C(=O)N(c3c(Cl)cc(Cl)cc3Cl)N=C2NC(=O)c2cccc(NC(=O)COc3ccc(C)cc3C)c2)cc1.Cc1ccc(C2=C(C#N)C(=O)OC2=Cc2ccco2)cc1. The first-order chi connectivity index (χ1) is 47.9. The average molecular weight is 1450 g/mol. The Morgan fingerprint density at radius 3 is 2.06 bits per heavy atom. The monoisotopic (exact) mass is 1440 g/mol. The molecule has 2 aliphatic rings. The van der Waals surface area contributed by atoms with Gasteiger partial charge >= 0.3 is 5.97 Å². The number of halogens is 4. The number of hydrazone groups is 1. The van der Waals surface area contributed by atoms with Gasteiger partial charge in [-0.3, -0.25) is 24.0 Å². The summed E-state index contributed by atoms with van der Waals surface area (Å²) >= 11 is 23.1. The molecule has 508 valence electrons. The molecule has 22 nitrogen and oxygen atoms in total. The van der Waals surface area contributed by atoms with Crippen LogP contribution in [0.25, 0.3) is 11.6 Å². The highest BCUT2D eigenvalue weighted by Crippen LogP contribution is 2.40. The van der Waals surface area contributed by atoms with E-state index in [1.165, 1.54) is 93.1 Å². The lowest BCUT2D eigenvalue weighted by molar-refractivity contribution is -0.134. The molecular weight excluding hydrogens is 1390 g/mol. The van der Waals surface area contributed by atoms with Gasteiger partial charge < -0.3 is 48.6 Å². The van der Waals surface area contributed by atoms with Crippen LogP contribution in [0.5, 0.6) is 28.7 Å². The molecule has 0 radical (unpaired) electrons. The van der Waals surface area contributed by atoms with Gasteiger partial charge in [-0.1, -0.05) is 106 Å². The van der Waals surface area contributed by atoms with Crippen molar-refractivity contribution in [2.24, 2.45) is 15.3 Å². The van der Waals surface area contributed by atoms with Gasteiger partial charge in [0.2, 0.25) is 23.2 Å². The van der Waals surface area contributed by atoms with E-state index >= 15 is 0 Å². The second kappa shape index (κ2) is 33.7. The van der Waals surface area contributed by atoms with Gasteiger partial charge in [-0.15, -0.1) is 5.10 Å². The number of carbonyl (C=O) groups excluding carboxylic acids is 6. The van der Waals surface area contributed by atoms with Gasteiger partial charge in [-0.25, -0.2) is 9.00 Å². The number of azo groups is 1. The van der Waals surface area contributed by atoms with Crippen LogP contribution in [0.4, 0.5) is 22.7 Å². The van der Waals surface area contributed by atoms with Crippen molar-refractivity contribution in [1.82, 2.24) is 5.32 Å². The van der Waals surface area contributed by atoms with Gasteiger partial charge in [0.05, 0.1) is 44.7 Å². The summed E-state index contributed by atoms with van der Waals surface area (Å²) in [6.07, 6.45) is 1.75. The molecular formula is C73H58Cl4N8O14S. The van der Waals surface area contributed by atoms with Crippen molar-refractivity contribution in [2.45, 2.75) is 51.7 Å². The Kier molecular flexibility index (Phi) is 24.6. The number of furan rings is 1. The summed E-state index contributed by atoms with van der Waals surface area (Å²) < 4.78 is 44.5. The number of esters is 1. The number of nitrogens with one attached hydrogen (secondary N) is 3.